The van der Waals surface area contributed by atoms with Gasteiger partial charge in [0.2, 0.25) is 0 Å². The number of benzene rings is 4. The molecule has 4 aromatic rings. The van der Waals surface area contributed by atoms with Crippen molar-refractivity contribution < 1.29 is 48.0 Å². The van der Waals surface area contributed by atoms with E-state index < -0.39 is 23.2 Å². The smallest absolute Gasteiger partial charge is 1.00 e. The first-order chi connectivity index (χ1) is 22.2. The standard InChI is InChI=1S/2C21H24P.2ClH.Zr/c2*1-3-13-22(14-4-2)19-15-18-11-8-12-20(21(18)16-19)17-9-6-5-7-10-17;;;/h2*5-12,15-16H,3-4,13-14H2,1-2H3;2*1H;/q;;;;+2/p-2. The molecule has 47 heavy (non-hydrogen) atoms. The fraction of sp³-hybridized carbons (Fsp3) is 0.333. The molecule has 0 saturated carbocycles. The molecule has 2 aliphatic carbocycles. The van der Waals surface area contributed by atoms with Crippen molar-refractivity contribution in [2.45, 2.75) is 60.6 Å². The summed E-state index contributed by atoms with van der Waals surface area (Å²) in [6, 6.07) is 36.8. The van der Waals surface area contributed by atoms with Crippen LogP contribution in [0.3, 0.4) is 0 Å². The molecule has 6 rings (SSSR count). The second kappa shape index (κ2) is 18.6. The summed E-state index contributed by atoms with van der Waals surface area (Å²) in [5.41, 5.74) is 12.0. The first kappa shape index (κ1) is 38.5. The van der Waals surface area contributed by atoms with Crippen LogP contribution in [-0.4, -0.2) is 24.6 Å². The number of allylic oxidation sites excluding steroid dienone is 2. The molecule has 0 spiro atoms. The normalized spacial score (nSPS) is 16.1. The zero-order valence-electron chi connectivity index (χ0n) is 28.4. The molecule has 2 unspecified atom stereocenters. The van der Waals surface area contributed by atoms with Crippen molar-refractivity contribution in [3.8, 4) is 22.3 Å². The van der Waals surface area contributed by atoms with Gasteiger partial charge in [0, 0.05) is 0 Å². The van der Waals surface area contributed by atoms with Gasteiger partial charge in [0.1, 0.15) is 0 Å². The predicted octanol–water partition coefficient (Wildman–Crippen LogP) is 7.21. The third-order valence-electron chi connectivity index (χ3n) is 9.28. The van der Waals surface area contributed by atoms with Crippen LogP contribution >= 0.6 is 15.8 Å². The quantitative estimate of drug-likeness (QED) is 0.119. The van der Waals surface area contributed by atoms with Gasteiger partial charge in [-0.2, -0.15) is 0 Å². The topological polar surface area (TPSA) is 0 Å². The Hall–Kier alpha value is -1.32. The van der Waals surface area contributed by atoms with Crippen molar-refractivity contribution >= 4 is 28.0 Å². The van der Waals surface area contributed by atoms with Gasteiger partial charge in [-0.05, 0) is 0 Å². The van der Waals surface area contributed by atoms with Gasteiger partial charge < -0.3 is 24.8 Å². The van der Waals surface area contributed by atoms with E-state index in [0.29, 0.717) is 7.25 Å². The third kappa shape index (κ3) is 8.36. The van der Waals surface area contributed by atoms with Crippen LogP contribution in [0.15, 0.2) is 108 Å². The van der Waals surface area contributed by atoms with E-state index in [1.807, 2.05) is 10.6 Å². The van der Waals surface area contributed by atoms with Crippen LogP contribution in [0, 0.1) is 0 Å². The summed E-state index contributed by atoms with van der Waals surface area (Å²) in [5, 5.41) is 3.70. The van der Waals surface area contributed by atoms with Crippen LogP contribution in [0.5, 0.6) is 0 Å². The van der Waals surface area contributed by atoms with E-state index in [0.717, 1.165) is 0 Å². The average molecular weight is 777 g/mol. The Bertz CT molecular complexity index is 1520. The van der Waals surface area contributed by atoms with Crippen molar-refractivity contribution in [2.24, 2.45) is 0 Å². The van der Waals surface area contributed by atoms with Crippen LogP contribution in [0.25, 0.3) is 34.4 Å². The summed E-state index contributed by atoms with van der Waals surface area (Å²) in [6.07, 6.45) is 16.1. The van der Waals surface area contributed by atoms with Crippen LogP contribution in [0.2, 0.25) is 0 Å². The third-order valence-corrected chi connectivity index (χ3v) is 21.4. The fourth-order valence-corrected chi connectivity index (χ4v) is 20.4. The predicted molar refractivity (Wildman–Crippen MR) is 200 cm³/mol. The van der Waals surface area contributed by atoms with Gasteiger partial charge in [0.05, 0.1) is 0 Å². The summed E-state index contributed by atoms with van der Waals surface area (Å²) in [4.78, 5) is 0. The van der Waals surface area contributed by atoms with Gasteiger partial charge in [-0.1, -0.05) is 0 Å². The maximum Gasteiger partial charge on any atom is -1.00 e. The Kier molecular flexibility index (Phi) is 15.2. The second-order valence-electron chi connectivity index (χ2n) is 12.5. The van der Waals surface area contributed by atoms with Crippen molar-refractivity contribution in [3.05, 3.63) is 130 Å². The average Bonchev–Trinajstić information content (AvgIpc) is 3.64. The Balaban J connectivity index is 0.00000250. The second-order valence-corrected chi connectivity index (χ2v) is 21.1. The molecule has 0 saturated heterocycles. The maximum atomic E-state index is 2.72. The monoisotopic (exact) mass is 774 g/mol. The van der Waals surface area contributed by atoms with Crippen LogP contribution in [-0.2, 0) is 23.2 Å². The van der Waals surface area contributed by atoms with Crippen molar-refractivity contribution in [1.29, 1.82) is 0 Å². The molecular formula is C42H48Cl2P2Zr. The Morgan fingerprint density at radius 1 is 0.468 bits per heavy atom. The first-order valence-electron chi connectivity index (χ1n) is 17.2. The van der Waals surface area contributed by atoms with Crippen LogP contribution in [0.1, 0.15) is 82.9 Å². The number of rotatable bonds is 14. The maximum absolute atomic E-state index is 2.72. The Morgan fingerprint density at radius 3 is 1.17 bits per heavy atom. The molecule has 0 heterocycles. The summed E-state index contributed by atoms with van der Waals surface area (Å²) in [7, 11) is -0.225. The molecule has 0 amide bonds. The van der Waals surface area contributed by atoms with Gasteiger partial charge in [0.25, 0.3) is 0 Å². The van der Waals surface area contributed by atoms with E-state index in [1.54, 1.807) is 11.1 Å². The van der Waals surface area contributed by atoms with Gasteiger partial charge >= 0.3 is 289 Å². The molecule has 0 nitrogen and oxygen atoms in total. The molecule has 4 aromatic carbocycles. The minimum Gasteiger partial charge on any atom is -1.00 e. The van der Waals surface area contributed by atoms with Gasteiger partial charge in [-0.15, -0.1) is 0 Å². The van der Waals surface area contributed by atoms with Crippen LogP contribution in [0.4, 0.5) is 0 Å². The molecule has 2 atom stereocenters. The van der Waals surface area contributed by atoms with Crippen molar-refractivity contribution in [3.63, 3.8) is 0 Å². The number of fused-ring (bicyclic) bond motifs is 2. The molecule has 0 fully saturated rings. The zero-order chi connectivity index (χ0) is 31.2. The van der Waals surface area contributed by atoms with Crippen LogP contribution < -0.4 is 24.8 Å². The molecule has 0 N–H and O–H groups in total. The van der Waals surface area contributed by atoms with Gasteiger partial charge in [0.15, 0.2) is 0 Å². The van der Waals surface area contributed by atoms with E-state index >= 15 is 0 Å². The minimum absolute atomic E-state index is 0. The molecule has 2 aliphatic rings. The van der Waals surface area contributed by atoms with Gasteiger partial charge in [-0.3, -0.25) is 0 Å². The fourth-order valence-electron chi connectivity index (χ4n) is 7.40. The molecule has 0 bridgehead atoms. The van der Waals surface area contributed by atoms with E-state index in [4.69, 9.17) is 0 Å². The molecule has 0 aromatic heterocycles. The molecule has 5 heteroatoms. The van der Waals surface area contributed by atoms with Crippen molar-refractivity contribution in [2.75, 3.05) is 24.6 Å². The largest absolute Gasteiger partial charge is 1.00 e. The number of hydrogen-bond donors (Lipinski definition) is 0. The van der Waals surface area contributed by atoms with E-state index in [2.05, 4.69) is 137 Å². The minimum atomic E-state index is -1.00. The SMILES string of the molecule is CCCP(CCC)C1=Cc2c(-c3ccccc3)cccc2[CH]1[Zr+2][CH]1C(P(CCC)CCC)=Cc2c(-c3ccccc3)cccc21.[Cl-].[Cl-]. The molecule has 0 radical (unpaired) electrons. The number of hydrogen-bond acceptors (Lipinski definition) is 0. The Morgan fingerprint density at radius 2 is 0.830 bits per heavy atom. The Labute approximate surface area is 311 Å². The van der Waals surface area contributed by atoms with E-state index in [9.17, 15) is 0 Å². The summed E-state index contributed by atoms with van der Waals surface area (Å²) < 4.78 is 1.33. The van der Waals surface area contributed by atoms with E-state index in [-0.39, 0.29) is 40.7 Å². The zero-order valence-corrected chi connectivity index (χ0v) is 34.1. The van der Waals surface area contributed by atoms with Gasteiger partial charge in [-0.25, -0.2) is 0 Å². The molecular weight excluding hydrogens is 729 g/mol. The molecule has 244 valence electrons. The summed E-state index contributed by atoms with van der Waals surface area (Å²) >= 11 is -1.00. The van der Waals surface area contributed by atoms with E-state index in [1.165, 1.54) is 83.7 Å². The van der Waals surface area contributed by atoms with Crippen molar-refractivity contribution in [1.82, 2.24) is 0 Å². The summed E-state index contributed by atoms with van der Waals surface area (Å²) in [6.45, 7) is 9.61. The summed E-state index contributed by atoms with van der Waals surface area (Å²) in [5.74, 6) is 0. The first-order valence-corrected chi connectivity index (χ1v) is 23.5. The molecule has 0 aliphatic heterocycles. The number of halogens is 2.